The number of fused-ring (bicyclic) bond motifs is 16. The van der Waals surface area contributed by atoms with Crippen molar-refractivity contribution < 1.29 is 0 Å². The summed E-state index contributed by atoms with van der Waals surface area (Å²) in [4.78, 5) is 0. The summed E-state index contributed by atoms with van der Waals surface area (Å²) < 4.78 is 0. The first kappa shape index (κ1) is 8.56. The third-order valence-corrected chi connectivity index (χ3v) is 7.69. The third kappa shape index (κ3) is 0.744. The molecule has 10 atom stereocenters. The SMILES string of the molecule is C1=CC2CC1C1C3CC(C21)[C@@H]1C2C=C[C@@H](C2)C31. The van der Waals surface area contributed by atoms with Gasteiger partial charge in [-0.1, -0.05) is 24.3 Å². The summed E-state index contributed by atoms with van der Waals surface area (Å²) in [5.41, 5.74) is 0. The Labute approximate surface area is 103 Å². The Kier molecular flexibility index (Phi) is 1.23. The first-order valence-electron chi connectivity index (χ1n) is 7.78. The van der Waals surface area contributed by atoms with Crippen LogP contribution in [-0.4, -0.2) is 0 Å². The molecule has 17 heavy (non-hydrogen) atoms. The number of rotatable bonds is 0. The van der Waals surface area contributed by atoms with Gasteiger partial charge in [-0.3, -0.25) is 0 Å². The summed E-state index contributed by atoms with van der Waals surface area (Å²) in [7, 11) is 0. The van der Waals surface area contributed by atoms with Gasteiger partial charge in [-0.05, 0) is 78.4 Å². The van der Waals surface area contributed by atoms with Gasteiger partial charge in [-0.2, -0.15) is 0 Å². The molecule has 4 saturated carbocycles. The van der Waals surface area contributed by atoms with Gasteiger partial charge in [0.05, 0.1) is 0 Å². The van der Waals surface area contributed by atoms with Crippen LogP contribution in [0, 0.1) is 59.2 Å². The Balaban J connectivity index is 1.51. The minimum absolute atomic E-state index is 1.00. The summed E-state index contributed by atoms with van der Waals surface area (Å²) >= 11 is 0. The fourth-order valence-corrected chi connectivity index (χ4v) is 7.66. The molecule has 0 aromatic rings. The van der Waals surface area contributed by atoms with E-state index in [4.69, 9.17) is 0 Å². The Morgan fingerprint density at radius 1 is 0.471 bits per heavy atom. The zero-order valence-electron chi connectivity index (χ0n) is 10.2. The lowest BCUT2D eigenvalue weighted by atomic mass is 9.62. The molecule has 0 aromatic carbocycles. The summed E-state index contributed by atoms with van der Waals surface area (Å²) in [5, 5.41) is 0. The van der Waals surface area contributed by atoms with Crippen molar-refractivity contribution in [3.05, 3.63) is 24.3 Å². The summed E-state index contributed by atoms with van der Waals surface area (Å²) in [6.07, 6.45) is 15.0. The molecule has 6 aliphatic rings. The lowest BCUT2D eigenvalue weighted by Crippen LogP contribution is -2.38. The van der Waals surface area contributed by atoms with Crippen LogP contribution in [0.3, 0.4) is 0 Å². The van der Waals surface area contributed by atoms with Crippen LogP contribution in [0.4, 0.5) is 0 Å². The van der Waals surface area contributed by atoms with E-state index >= 15 is 0 Å². The van der Waals surface area contributed by atoms with Crippen LogP contribution < -0.4 is 0 Å². The van der Waals surface area contributed by atoms with Crippen molar-refractivity contribution in [1.29, 1.82) is 0 Å². The van der Waals surface area contributed by atoms with Crippen molar-refractivity contribution in [1.82, 2.24) is 0 Å². The average molecular weight is 224 g/mol. The predicted octanol–water partition coefficient (Wildman–Crippen LogP) is 3.51. The maximum absolute atomic E-state index is 2.59. The second-order valence-electron chi connectivity index (χ2n) is 7.77. The van der Waals surface area contributed by atoms with E-state index in [0.717, 1.165) is 59.2 Å². The second kappa shape index (κ2) is 2.44. The van der Waals surface area contributed by atoms with Gasteiger partial charge in [0.2, 0.25) is 0 Å². The van der Waals surface area contributed by atoms with Crippen LogP contribution in [0.1, 0.15) is 19.3 Å². The Morgan fingerprint density at radius 3 is 1.18 bits per heavy atom. The molecular weight excluding hydrogens is 204 g/mol. The van der Waals surface area contributed by atoms with Crippen molar-refractivity contribution in [2.24, 2.45) is 59.2 Å². The Bertz CT molecular complexity index is 381. The van der Waals surface area contributed by atoms with E-state index in [0.29, 0.717) is 0 Å². The van der Waals surface area contributed by atoms with Crippen molar-refractivity contribution in [2.45, 2.75) is 19.3 Å². The van der Waals surface area contributed by atoms with E-state index in [1.807, 2.05) is 0 Å². The molecule has 0 aliphatic heterocycles. The molecule has 88 valence electrons. The molecule has 0 N–H and O–H groups in total. The second-order valence-corrected chi connectivity index (χ2v) is 7.77. The molecule has 0 nitrogen and oxygen atoms in total. The van der Waals surface area contributed by atoms with Crippen LogP contribution in [0.5, 0.6) is 0 Å². The number of allylic oxidation sites excluding steroid dienone is 4. The molecule has 0 aromatic heterocycles. The normalized spacial score (nSPS) is 71.5. The maximum Gasteiger partial charge on any atom is -0.0194 e. The molecule has 4 fully saturated rings. The molecule has 6 rings (SSSR count). The smallest absolute Gasteiger partial charge is 0.0194 e. The fourth-order valence-electron chi connectivity index (χ4n) is 7.66. The Hall–Kier alpha value is -0.520. The van der Waals surface area contributed by atoms with Gasteiger partial charge in [0.15, 0.2) is 0 Å². The highest BCUT2D eigenvalue weighted by atomic mass is 14.7. The van der Waals surface area contributed by atoms with E-state index in [1.165, 1.54) is 12.8 Å². The van der Waals surface area contributed by atoms with Gasteiger partial charge >= 0.3 is 0 Å². The molecule has 0 heteroatoms. The zero-order chi connectivity index (χ0) is 10.7. The summed E-state index contributed by atoms with van der Waals surface area (Å²) in [6, 6.07) is 0. The van der Waals surface area contributed by atoms with Crippen molar-refractivity contribution in [3.8, 4) is 0 Å². The summed E-state index contributed by atoms with van der Waals surface area (Å²) in [5.74, 6) is 10.8. The molecule has 6 bridgehead atoms. The van der Waals surface area contributed by atoms with Crippen LogP contribution >= 0.6 is 0 Å². The lowest BCUT2D eigenvalue weighted by molar-refractivity contribution is 0.0811. The highest BCUT2D eigenvalue weighted by Crippen LogP contribution is 2.74. The minimum atomic E-state index is 1.00. The van der Waals surface area contributed by atoms with E-state index in [2.05, 4.69) is 24.3 Å². The van der Waals surface area contributed by atoms with E-state index in [-0.39, 0.29) is 0 Å². The van der Waals surface area contributed by atoms with Crippen molar-refractivity contribution in [2.75, 3.05) is 0 Å². The Morgan fingerprint density at radius 2 is 0.824 bits per heavy atom. The first-order valence-corrected chi connectivity index (χ1v) is 7.78. The van der Waals surface area contributed by atoms with Crippen LogP contribution in [0.2, 0.25) is 0 Å². The molecule has 0 radical (unpaired) electrons. The largest absolute Gasteiger partial charge is 0.0848 e. The summed E-state index contributed by atoms with van der Waals surface area (Å²) in [6.45, 7) is 0. The van der Waals surface area contributed by atoms with Gasteiger partial charge < -0.3 is 0 Å². The van der Waals surface area contributed by atoms with Gasteiger partial charge in [0, 0.05) is 0 Å². The first-order chi connectivity index (χ1) is 8.42. The van der Waals surface area contributed by atoms with Crippen LogP contribution in [0.25, 0.3) is 0 Å². The molecular formula is C17H20. The maximum atomic E-state index is 2.59. The zero-order valence-corrected chi connectivity index (χ0v) is 10.2. The highest BCUT2D eigenvalue weighted by Gasteiger charge is 2.68. The number of hydrogen-bond donors (Lipinski definition) is 0. The van der Waals surface area contributed by atoms with Crippen molar-refractivity contribution >= 4 is 0 Å². The predicted molar refractivity (Wildman–Crippen MR) is 67.0 cm³/mol. The standard InChI is InChI=1S/C17H20/c1-2-9-5-8(1)14-12-7-13(15(9)14)17-11-4-3-10(6-11)16(12)17/h1-4,8-17H,5-7H2/t8-,9?,10?,11?,12?,13?,14?,15-,16?,17?/m0/s1. The molecule has 0 heterocycles. The van der Waals surface area contributed by atoms with Crippen molar-refractivity contribution in [3.63, 3.8) is 0 Å². The molecule has 0 saturated heterocycles. The van der Waals surface area contributed by atoms with E-state index < -0.39 is 0 Å². The monoisotopic (exact) mass is 224 g/mol. The van der Waals surface area contributed by atoms with Gasteiger partial charge in [-0.25, -0.2) is 0 Å². The highest BCUT2D eigenvalue weighted by molar-refractivity contribution is 5.27. The number of hydrogen-bond acceptors (Lipinski definition) is 0. The molecule has 0 spiro atoms. The molecule has 6 aliphatic carbocycles. The van der Waals surface area contributed by atoms with Gasteiger partial charge in [0.1, 0.15) is 0 Å². The third-order valence-electron chi connectivity index (χ3n) is 7.69. The van der Waals surface area contributed by atoms with Crippen LogP contribution in [-0.2, 0) is 0 Å². The van der Waals surface area contributed by atoms with Gasteiger partial charge in [-0.15, -0.1) is 0 Å². The van der Waals surface area contributed by atoms with E-state index in [1.54, 1.807) is 6.42 Å². The lowest BCUT2D eigenvalue weighted by Gasteiger charge is -2.42. The fraction of sp³-hybridized carbons (Fsp3) is 0.765. The molecule has 0 amide bonds. The average Bonchev–Trinajstić information content (AvgIpc) is 3.14. The molecule has 8 unspecified atom stereocenters. The minimum Gasteiger partial charge on any atom is -0.0848 e. The topological polar surface area (TPSA) is 0 Å². The van der Waals surface area contributed by atoms with Crippen LogP contribution in [0.15, 0.2) is 24.3 Å². The quantitative estimate of drug-likeness (QED) is 0.436. The van der Waals surface area contributed by atoms with Gasteiger partial charge in [0.25, 0.3) is 0 Å². The van der Waals surface area contributed by atoms with E-state index in [9.17, 15) is 0 Å².